The zero-order valence-corrected chi connectivity index (χ0v) is 13.9. The van der Waals surface area contributed by atoms with Crippen molar-refractivity contribution in [3.8, 4) is 0 Å². The monoisotopic (exact) mass is 342 g/mol. The van der Waals surface area contributed by atoms with E-state index >= 15 is 0 Å². The summed E-state index contributed by atoms with van der Waals surface area (Å²) in [6.45, 7) is 0. The molecule has 6 aliphatic carbocycles. The minimum Gasteiger partial charge on any atom is -0.466 e. The maximum absolute atomic E-state index is 12.3. The highest BCUT2D eigenvalue weighted by molar-refractivity contribution is 6.41. The molecule has 0 amide bonds. The van der Waals surface area contributed by atoms with Gasteiger partial charge in [-0.1, -0.05) is 12.2 Å². The Balaban J connectivity index is 1.60. The lowest BCUT2D eigenvalue weighted by Crippen LogP contribution is -2.57. The first kappa shape index (κ1) is 15.0. The summed E-state index contributed by atoms with van der Waals surface area (Å²) < 4.78 is 9.78. The Labute approximate surface area is 144 Å². The lowest BCUT2D eigenvalue weighted by Gasteiger charge is -2.53. The second-order valence-electron chi connectivity index (χ2n) is 7.75. The summed E-state index contributed by atoms with van der Waals surface area (Å²) in [7, 11) is 2.61. The molecule has 3 fully saturated rings. The van der Waals surface area contributed by atoms with Gasteiger partial charge in [-0.2, -0.15) is 0 Å². The molecule has 130 valence electrons. The van der Waals surface area contributed by atoms with Gasteiger partial charge in [-0.3, -0.25) is 9.59 Å². The van der Waals surface area contributed by atoms with Crippen molar-refractivity contribution in [3.05, 3.63) is 23.3 Å². The SMILES string of the molecule is COC(=O)C1=C(C(=O)OC)C2C1[C@H]1C[C@@H]2C2C3C=C[C@@H](C(=O)C3=O)C21. The molecule has 0 aromatic carbocycles. The number of rotatable bonds is 2. The number of esters is 2. The fourth-order valence-electron chi connectivity index (χ4n) is 6.63. The molecule has 0 spiro atoms. The van der Waals surface area contributed by atoms with E-state index in [1.165, 1.54) is 14.2 Å². The minimum atomic E-state index is -0.482. The molecule has 4 bridgehead atoms. The van der Waals surface area contributed by atoms with Crippen molar-refractivity contribution in [1.29, 1.82) is 0 Å². The first-order valence-electron chi connectivity index (χ1n) is 8.68. The number of allylic oxidation sites excluding steroid dienone is 2. The number of ether oxygens (including phenoxy) is 2. The molecule has 6 rings (SSSR count). The number of fused-ring (bicyclic) bond motifs is 6. The van der Waals surface area contributed by atoms with Crippen LogP contribution in [0.1, 0.15) is 6.42 Å². The van der Waals surface area contributed by atoms with Crippen LogP contribution in [0.5, 0.6) is 0 Å². The van der Waals surface area contributed by atoms with Crippen molar-refractivity contribution in [1.82, 2.24) is 0 Å². The standard InChI is InChI=1S/C19H18O6/c1-24-18(22)14-12-8-5-9(13(12)15(14)19(23)25-2)11-7-4-3-6(10(8)11)16(20)17(7)21/h3-4,6-13H,5H2,1-2H3/t6-,7?,8+,9-,10?,11?,12?,13?/m1/s1. The Kier molecular flexibility index (Phi) is 2.82. The average Bonchev–Trinajstić information content (AvgIpc) is 3.12. The van der Waals surface area contributed by atoms with Gasteiger partial charge in [-0.25, -0.2) is 9.59 Å². The van der Waals surface area contributed by atoms with Crippen molar-refractivity contribution >= 4 is 23.5 Å². The smallest absolute Gasteiger partial charge is 0.334 e. The number of carbonyl (C=O) groups excluding carboxylic acids is 4. The maximum atomic E-state index is 12.3. The third-order valence-electron chi connectivity index (χ3n) is 7.26. The predicted octanol–water partition coefficient (Wildman–Crippen LogP) is 0.711. The predicted molar refractivity (Wildman–Crippen MR) is 82.7 cm³/mol. The normalized spacial score (nSPS) is 45.2. The van der Waals surface area contributed by atoms with Crippen LogP contribution in [-0.2, 0) is 28.7 Å². The van der Waals surface area contributed by atoms with Crippen molar-refractivity contribution in [2.45, 2.75) is 6.42 Å². The number of Topliss-reactive ketones (excluding diaryl/α,β-unsaturated/α-hetero) is 2. The Morgan fingerprint density at radius 3 is 1.60 bits per heavy atom. The van der Waals surface area contributed by atoms with Crippen molar-refractivity contribution < 1.29 is 28.7 Å². The zero-order chi connectivity index (χ0) is 17.6. The van der Waals surface area contributed by atoms with E-state index in [2.05, 4.69) is 0 Å². The van der Waals surface area contributed by atoms with Crippen LogP contribution in [-0.4, -0.2) is 37.7 Å². The number of ketones is 2. The van der Waals surface area contributed by atoms with E-state index in [9.17, 15) is 19.2 Å². The summed E-state index contributed by atoms with van der Waals surface area (Å²) in [4.78, 5) is 49.2. The number of methoxy groups -OCH3 is 2. The number of hydrogen-bond acceptors (Lipinski definition) is 6. The van der Waals surface area contributed by atoms with E-state index in [-0.39, 0.29) is 58.9 Å². The van der Waals surface area contributed by atoms with Crippen LogP contribution in [0.3, 0.4) is 0 Å². The van der Waals surface area contributed by atoms with E-state index in [0.29, 0.717) is 11.1 Å². The molecule has 6 nitrogen and oxygen atoms in total. The summed E-state index contributed by atoms with van der Waals surface area (Å²) >= 11 is 0. The van der Waals surface area contributed by atoms with Gasteiger partial charge in [0.05, 0.1) is 25.4 Å². The topological polar surface area (TPSA) is 86.7 Å². The molecule has 0 saturated heterocycles. The summed E-state index contributed by atoms with van der Waals surface area (Å²) in [6.07, 6.45) is 4.61. The largest absolute Gasteiger partial charge is 0.466 e. The maximum Gasteiger partial charge on any atom is 0.334 e. The van der Waals surface area contributed by atoms with Gasteiger partial charge in [0, 0.05) is 23.7 Å². The van der Waals surface area contributed by atoms with Crippen molar-refractivity contribution in [2.24, 2.45) is 47.3 Å². The molecule has 8 atom stereocenters. The van der Waals surface area contributed by atoms with Gasteiger partial charge in [-0.05, 0) is 30.1 Å². The molecule has 0 aliphatic heterocycles. The molecule has 0 aromatic rings. The lowest BCUT2D eigenvalue weighted by molar-refractivity contribution is -0.152. The van der Waals surface area contributed by atoms with Gasteiger partial charge >= 0.3 is 11.9 Å². The summed E-state index contributed by atoms with van der Waals surface area (Å²) in [5.74, 6) is -1.85. The number of carbonyl (C=O) groups is 4. The molecule has 0 N–H and O–H groups in total. The third kappa shape index (κ3) is 1.52. The zero-order valence-electron chi connectivity index (χ0n) is 13.9. The highest BCUT2D eigenvalue weighted by atomic mass is 16.5. The fraction of sp³-hybridized carbons (Fsp3) is 0.579. The molecule has 25 heavy (non-hydrogen) atoms. The molecule has 6 aliphatic rings. The van der Waals surface area contributed by atoms with E-state index in [0.717, 1.165) is 6.42 Å². The molecule has 0 heterocycles. The van der Waals surface area contributed by atoms with Crippen LogP contribution in [0.25, 0.3) is 0 Å². The molecule has 6 heteroatoms. The van der Waals surface area contributed by atoms with E-state index < -0.39 is 11.9 Å². The van der Waals surface area contributed by atoms with Gasteiger partial charge in [0.25, 0.3) is 0 Å². The number of hydrogen-bond donors (Lipinski definition) is 0. The highest BCUT2D eigenvalue weighted by Gasteiger charge is 2.71. The van der Waals surface area contributed by atoms with Crippen LogP contribution in [0.2, 0.25) is 0 Å². The quantitative estimate of drug-likeness (QED) is 0.417. The Morgan fingerprint density at radius 2 is 1.24 bits per heavy atom. The third-order valence-corrected chi connectivity index (χ3v) is 7.26. The molecule has 5 unspecified atom stereocenters. The van der Waals surface area contributed by atoms with Gasteiger partial charge in [-0.15, -0.1) is 0 Å². The average molecular weight is 342 g/mol. The van der Waals surface area contributed by atoms with E-state index in [1.807, 2.05) is 12.2 Å². The summed E-state index contributed by atoms with van der Waals surface area (Å²) in [5, 5.41) is 0. The van der Waals surface area contributed by atoms with Gasteiger partial charge in [0.15, 0.2) is 0 Å². The van der Waals surface area contributed by atoms with Crippen molar-refractivity contribution in [2.75, 3.05) is 14.2 Å². The first-order chi connectivity index (χ1) is 12.0. The first-order valence-corrected chi connectivity index (χ1v) is 8.68. The van der Waals surface area contributed by atoms with Gasteiger partial charge in [0.2, 0.25) is 11.6 Å². The van der Waals surface area contributed by atoms with Crippen LogP contribution in [0, 0.1) is 47.3 Å². The van der Waals surface area contributed by atoms with Crippen LogP contribution < -0.4 is 0 Å². The second-order valence-corrected chi connectivity index (χ2v) is 7.75. The fourth-order valence-corrected chi connectivity index (χ4v) is 6.63. The molecule has 0 aromatic heterocycles. The van der Waals surface area contributed by atoms with Gasteiger partial charge < -0.3 is 9.47 Å². The molecule has 0 radical (unpaired) electrons. The lowest BCUT2D eigenvalue weighted by atomic mass is 9.48. The summed E-state index contributed by atoms with van der Waals surface area (Å²) in [5.41, 5.74) is 0.851. The second kappa shape index (κ2) is 4.68. The summed E-state index contributed by atoms with van der Waals surface area (Å²) in [6, 6.07) is 0. The van der Waals surface area contributed by atoms with Crippen LogP contribution in [0.15, 0.2) is 23.3 Å². The van der Waals surface area contributed by atoms with E-state index in [1.54, 1.807) is 0 Å². The van der Waals surface area contributed by atoms with Crippen molar-refractivity contribution in [3.63, 3.8) is 0 Å². The van der Waals surface area contributed by atoms with E-state index in [4.69, 9.17) is 9.47 Å². The minimum absolute atomic E-state index is 0.0524. The Hall–Kier alpha value is -2.24. The molecular weight excluding hydrogens is 324 g/mol. The molecular formula is C19H18O6. The van der Waals surface area contributed by atoms with Gasteiger partial charge in [0.1, 0.15) is 0 Å². The molecule has 3 saturated carbocycles. The highest BCUT2D eigenvalue weighted by Crippen LogP contribution is 2.72. The van der Waals surface area contributed by atoms with Crippen LogP contribution in [0.4, 0.5) is 0 Å². The Morgan fingerprint density at radius 1 is 0.840 bits per heavy atom. The van der Waals surface area contributed by atoms with Crippen LogP contribution >= 0.6 is 0 Å². The Bertz CT molecular complexity index is 741.